The average molecular weight is 1040 g/mol. The molecular formula is C26H14F34O4. The zero-order valence-corrected chi connectivity index (χ0v) is 28.9. The lowest BCUT2D eigenvalue weighted by Crippen LogP contribution is -2.74. The molecule has 0 aromatic carbocycles. The fraction of sp³-hybridized carbons (Fsp3) is 0.769. The van der Waals surface area contributed by atoms with Gasteiger partial charge in [0.2, 0.25) is 0 Å². The Bertz CT molecular complexity index is 1650. The molecule has 0 saturated heterocycles. The van der Waals surface area contributed by atoms with Crippen molar-refractivity contribution >= 4 is 11.9 Å². The fourth-order valence-electron chi connectivity index (χ4n) is 3.27. The standard InChI is InChI=1S/C14H7F19O2.C12H7F15O2/c1-4(2-8(19,20)21)5(34)35-3-7(17,18)10(24,25)12(28,29)14(32,33)13(30,31)11(26,27)9(22,23)6(15)16;1-4(2-8(17,18)19)5(28)29-3-7(15,16)10(22,23)12(26,27)11(24,25)9(20,21)6(13)14/h6H,1-3H2;6H,1-3H2. The molecule has 0 unspecified atom stereocenters. The Hall–Kier alpha value is -3.96. The van der Waals surface area contributed by atoms with Crippen LogP contribution in [0.2, 0.25) is 0 Å². The highest BCUT2D eigenvalue weighted by Gasteiger charge is 2.94. The number of hydrogen-bond acceptors (Lipinski definition) is 4. The van der Waals surface area contributed by atoms with Crippen LogP contribution in [-0.4, -0.2) is 121 Å². The summed E-state index contributed by atoms with van der Waals surface area (Å²) < 4.78 is 441. The van der Waals surface area contributed by atoms with Crippen LogP contribution >= 0.6 is 0 Å². The number of hydrogen-bond donors (Lipinski definition) is 0. The maximum absolute atomic E-state index is 13.5. The molecule has 38 heteroatoms. The van der Waals surface area contributed by atoms with Crippen molar-refractivity contribution < 1.29 is 168 Å². The van der Waals surface area contributed by atoms with Crippen molar-refractivity contribution in [2.24, 2.45) is 0 Å². The molecule has 64 heavy (non-hydrogen) atoms. The van der Waals surface area contributed by atoms with Gasteiger partial charge in [-0.3, -0.25) is 0 Å². The molecule has 0 bridgehead atoms. The minimum absolute atomic E-state index is 1.70. The van der Waals surface area contributed by atoms with E-state index in [-0.39, 0.29) is 0 Å². The van der Waals surface area contributed by atoms with Gasteiger partial charge in [0.1, 0.15) is 0 Å². The predicted octanol–water partition coefficient (Wildman–Crippen LogP) is 12.2. The second-order valence-corrected chi connectivity index (χ2v) is 11.8. The Balaban J connectivity index is 0. The Morgan fingerprint density at radius 2 is 0.531 bits per heavy atom. The molecule has 0 fully saturated rings. The van der Waals surface area contributed by atoms with Crippen molar-refractivity contribution in [1.82, 2.24) is 0 Å². The van der Waals surface area contributed by atoms with E-state index in [0.717, 1.165) is 0 Å². The van der Waals surface area contributed by atoms with Gasteiger partial charge < -0.3 is 9.47 Å². The minimum Gasteiger partial charge on any atom is -0.456 e. The molecule has 0 aliphatic heterocycles. The average Bonchev–Trinajstić information content (AvgIpc) is 3.07. The number of rotatable bonds is 20. The number of esters is 2. The first-order chi connectivity index (χ1) is 27.4. The highest BCUT2D eigenvalue weighted by molar-refractivity contribution is 5.88. The van der Waals surface area contributed by atoms with Crippen LogP contribution in [0.1, 0.15) is 12.8 Å². The maximum atomic E-state index is 13.5. The van der Waals surface area contributed by atoms with Gasteiger partial charge in [-0.25, -0.2) is 27.2 Å². The smallest absolute Gasteiger partial charge is 0.393 e. The van der Waals surface area contributed by atoms with E-state index in [9.17, 15) is 159 Å². The summed E-state index contributed by atoms with van der Waals surface area (Å²) in [5, 5.41) is 0. The number of carbonyl (C=O) groups excluding carboxylic acids is 2. The summed E-state index contributed by atoms with van der Waals surface area (Å²) in [6.45, 7) is -2.25. The lowest BCUT2D eigenvalue weighted by Gasteiger charge is -2.42. The summed E-state index contributed by atoms with van der Waals surface area (Å²) in [6, 6.07) is 0. The number of halogens is 34. The highest BCUT2D eigenvalue weighted by atomic mass is 19.4. The summed E-state index contributed by atoms with van der Waals surface area (Å²) in [4.78, 5) is 21.9. The molecule has 0 aliphatic rings. The van der Waals surface area contributed by atoms with Crippen LogP contribution in [0.15, 0.2) is 24.3 Å². The van der Waals surface area contributed by atoms with Crippen molar-refractivity contribution in [2.45, 2.75) is 109 Å². The third-order valence-corrected chi connectivity index (χ3v) is 6.84. The molecule has 0 spiro atoms. The summed E-state index contributed by atoms with van der Waals surface area (Å²) in [5.74, 6) is -98.6. The summed E-state index contributed by atoms with van der Waals surface area (Å²) in [6.07, 6.45) is -26.8. The van der Waals surface area contributed by atoms with Crippen LogP contribution in [0.25, 0.3) is 0 Å². The maximum Gasteiger partial charge on any atom is 0.393 e. The van der Waals surface area contributed by atoms with Crippen molar-refractivity contribution in [2.75, 3.05) is 13.2 Å². The van der Waals surface area contributed by atoms with E-state index >= 15 is 0 Å². The second kappa shape index (κ2) is 18.4. The van der Waals surface area contributed by atoms with E-state index in [0.29, 0.717) is 0 Å². The number of carbonyl (C=O) groups is 2. The quantitative estimate of drug-likeness (QED) is 0.0693. The van der Waals surface area contributed by atoms with Gasteiger partial charge in [0, 0.05) is 11.1 Å². The van der Waals surface area contributed by atoms with Crippen molar-refractivity contribution in [3.63, 3.8) is 0 Å². The Labute approximate surface area is 328 Å². The molecule has 0 radical (unpaired) electrons. The molecule has 380 valence electrons. The van der Waals surface area contributed by atoms with Gasteiger partial charge in [-0.05, 0) is 0 Å². The van der Waals surface area contributed by atoms with Gasteiger partial charge in [0.25, 0.3) is 0 Å². The molecule has 0 heterocycles. The molecule has 0 aliphatic carbocycles. The monoisotopic (exact) mass is 1040 g/mol. The molecule has 0 atom stereocenters. The van der Waals surface area contributed by atoms with Gasteiger partial charge in [0.15, 0.2) is 13.2 Å². The fourth-order valence-corrected chi connectivity index (χ4v) is 3.27. The van der Waals surface area contributed by atoms with Crippen LogP contribution < -0.4 is 0 Å². The highest BCUT2D eigenvalue weighted by Crippen LogP contribution is 2.63. The first-order valence-corrected chi connectivity index (χ1v) is 14.3. The van der Waals surface area contributed by atoms with Crippen LogP contribution in [0.3, 0.4) is 0 Å². The first kappa shape index (κ1) is 62.1. The van der Waals surface area contributed by atoms with Crippen LogP contribution in [0.4, 0.5) is 149 Å². The lowest BCUT2D eigenvalue weighted by molar-refractivity contribution is -0.447. The summed E-state index contributed by atoms with van der Waals surface area (Å²) in [5.41, 5.74) is -3.55. The van der Waals surface area contributed by atoms with Gasteiger partial charge in [-0.15, -0.1) is 0 Å². The van der Waals surface area contributed by atoms with Crippen LogP contribution in [0.5, 0.6) is 0 Å². The topological polar surface area (TPSA) is 52.6 Å². The molecular weight excluding hydrogens is 1020 g/mol. The molecule has 0 rings (SSSR count). The Morgan fingerprint density at radius 1 is 0.344 bits per heavy atom. The van der Waals surface area contributed by atoms with Gasteiger partial charge >= 0.3 is 108 Å². The third-order valence-electron chi connectivity index (χ3n) is 6.84. The third kappa shape index (κ3) is 11.5. The van der Waals surface area contributed by atoms with E-state index in [2.05, 4.69) is 22.6 Å². The molecule has 0 aromatic rings. The molecule has 0 saturated carbocycles. The van der Waals surface area contributed by atoms with E-state index < -0.39 is 145 Å². The largest absolute Gasteiger partial charge is 0.456 e. The van der Waals surface area contributed by atoms with Crippen molar-refractivity contribution in [3.05, 3.63) is 24.3 Å². The number of ether oxygens (including phenoxy) is 2. The Kier molecular flexibility index (Phi) is 17.8. The zero-order valence-electron chi connectivity index (χ0n) is 28.9. The predicted molar refractivity (Wildman–Crippen MR) is 133 cm³/mol. The number of alkyl halides is 34. The summed E-state index contributed by atoms with van der Waals surface area (Å²) in [7, 11) is 0. The molecule has 4 nitrogen and oxygen atoms in total. The van der Waals surface area contributed by atoms with Crippen molar-refractivity contribution in [3.8, 4) is 0 Å². The van der Waals surface area contributed by atoms with E-state index in [1.807, 2.05) is 0 Å². The molecule has 0 amide bonds. The molecule has 0 N–H and O–H groups in total. The first-order valence-electron chi connectivity index (χ1n) is 14.3. The second-order valence-electron chi connectivity index (χ2n) is 11.8. The summed E-state index contributed by atoms with van der Waals surface area (Å²) >= 11 is 0. The van der Waals surface area contributed by atoms with Crippen molar-refractivity contribution in [1.29, 1.82) is 0 Å². The SMILES string of the molecule is C=C(CC(F)(F)F)C(=O)OCC(F)(F)C(F)(F)C(F)(F)C(F)(F)C(F)(F)C(F)(F)C(F)(F)C(F)F.C=C(CC(F)(F)F)C(=O)OCC(F)(F)C(F)(F)C(F)(F)C(F)(F)C(F)(F)C(F)F. The van der Waals surface area contributed by atoms with E-state index in [1.165, 1.54) is 0 Å². The van der Waals surface area contributed by atoms with Crippen LogP contribution in [0, 0.1) is 0 Å². The van der Waals surface area contributed by atoms with Gasteiger partial charge in [-0.1, -0.05) is 13.2 Å². The lowest BCUT2D eigenvalue weighted by atomic mass is 9.89. The van der Waals surface area contributed by atoms with E-state index in [1.54, 1.807) is 0 Å². The van der Waals surface area contributed by atoms with Gasteiger partial charge in [0.05, 0.1) is 12.8 Å². The van der Waals surface area contributed by atoms with E-state index in [4.69, 9.17) is 0 Å². The molecule has 0 aromatic heterocycles. The van der Waals surface area contributed by atoms with Gasteiger partial charge in [-0.2, -0.15) is 132 Å². The zero-order chi connectivity index (χ0) is 52.7. The Morgan fingerprint density at radius 3 is 0.734 bits per heavy atom. The van der Waals surface area contributed by atoms with Crippen LogP contribution in [-0.2, 0) is 19.1 Å². The minimum atomic E-state index is -8.64. The normalized spacial score (nSPS) is 15.2.